The zero-order valence-electron chi connectivity index (χ0n) is 11.3. The van der Waals surface area contributed by atoms with Gasteiger partial charge in [0.1, 0.15) is 0 Å². The Morgan fingerprint density at radius 1 is 1.35 bits per heavy atom. The van der Waals surface area contributed by atoms with E-state index in [-0.39, 0.29) is 24.0 Å². The van der Waals surface area contributed by atoms with Crippen LogP contribution in [0, 0.1) is 5.92 Å². The van der Waals surface area contributed by atoms with Gasteiger partial charge in [0.2, 0.25) is 5.91 Å². The molecule has 20 heavy (non-hydrogen) atoms. The van der Waals surface area contributed by atoms with Crippen molar-refractivity contribution in [3.8, 4) is 0 Å². The highest BCUT2D eigenvalue weighted by Crippen LogP contribution is 2.18. The summed E-state index contributed by atoms with van der Waals surface area (Å²) in [4.78, 5) is 35.6. The first-order chi connectivity index (χ1) is 9.45. The topological polar surface area (TPSA) is 98.7 Å². The van der Waals surface area contributed by atoms with Gasteiger partial charge >= 0.3 is 12.0 Å². The number of carbonyl (C=O) groups excluding carboxylic acids is 2. The van der Waals surface area contributed by atoms with Crippen LogP contribution in [0.3, 0.4) is 0 Å². The summed E-state index contributed by atoms with van der Waals surface area (Å²) in [7, 11) is 1.71. The number of rotatable bonds is 3. The summed E-state index contributed by atoms with van der Waals surface area (Å²) in [6, 6.07) is -0.629. The molecule has 0 aromatic carbocycles. The number of carboxylic acid groups (broad SMARTS) is 1. The van der Waals surface area contributed by atoms with Crippen molar-refractivity contribution in [2.45, 2.75) is 31.3 Å². The number of likely N-dealkylation sites (tertiary alicyclic amines) is 1. The van der Waals surface area contributed by atoms with Crippen LogP contribution >= 0.6 is 0 Å². The highest BCUT2D eigenvalue weighted by atomic mass is 16.4. The molecule has 7 nitrogen and oxygen atoms in total. The van der Waals surface area contributed by atoms with Crippen molar-refractivity contribution < 1.29 is 19.5 Å². The van der Waals surface area contributed by atoms with Crippen LogP contribution in [-0.2, 0) is 9.59 Å². The molecule has 1 fully saturated rings. The summed E-state index contributed by atoms with van der Waals surface area (Å²) in [5.41, 5.74) is 0. The molecular weight excluding hydrogens is 262 g/mol. The monoisotopic (exact) mass is 281 g/mol. The van der Waals surface area contributed by atoms with Gasteiger partial charge in [0.05, 0.1) is 12.0 Å². The van der Waals surface area contributed by atoms with E-state index in [4.69, 9.17) is 5.11 Å². The van der Waals surface area contributed by atoms with E-state index in [9.17, 15) is 14.4 Å². The number of aliphatic carboxylic acids is 1. The Bertz CT molecular complexity index is 449. The molecule has 0 radical (unpaired) electrons. The Morgan fingerprint density at radius 3 is 2.70 bits per heavy atom. The molecule has 1 saturated heterocycles. The smallest absolute Gasteiger partial charge is 0.315 e. The molecular formula is C13H19N3O4. The van der Waals surface area contributed by atoms with Crippen molar-refractivity contribution in [3.05, 3.63) is 12.2 Å². The highest BCUT2D eigenvalue weighted by molar-refractivity contribution is 5.79. The number of urea groups is 1. The fourth-order valence-electron chi connectivity index (χ4n) is 2.51. The molecule has 3 unspecified atom stereocenters. The highest BCUT2D eigenvalue weighted by Gasteiger charge is 2.27. The molecule has 7 heteroatoms. The van der Waals surface area contributed by atoms with Crippen molar-refractivity contribution >= 4 is 17.9 Å². The van der Waals surface area contributed by atoms with Crippen LogP contribution in [-0.4, -0.2) is 53.6 Å². The fraction of sp³-hybridized carbons (Fsp3) is 0.615. The van der Waals surface area contributed by atoms with E-state index in [1.54, 1.807) is 24.1 Å². The van der Waals surface area contributed by atoms with Crippen LogP contribution in [0.2, 0.25) is 0 Å². The average Bonchev–Trinajstić information content (AvgIpc) is 2.82. The second kappa shape index (κ2) is 5.94. The van der Waals surface area contributed by atoms with E-state index in [1.165, 1.54) is 0 Å². The van der Waals surface area contributed by atoms with E-state index in [1.807, 2.05) is 0 Å². The lowest BCUT2D eigenvalue weighted by Gasteiger charge is -2.30. The first kappa shape index (κ1) is 14.4. The molecule has 0 aromatic rings. The maximum atomic E-state index is 11.8. The summed E-state index contributed by atoms with van der Waals surface area (Å²) in [5.74, 6) is -1.32. The average molecular weight is 281 g/mol. The lowest BCUT2D eigenvalue weighted by molar-refractivity contribution is -0.140. The fourth-order valence-corrected chi connectivity index (χ4v) is 2.51. The Morgan fingerprint density at radius 2 is 2.10 bits per heavy atom. The van der Waals surface area contributed by atoms with E-state index >= 15 is 0 Å². The van der Waals surface area contributed by atoms with Gasteiger partial charge < -0.3 is 20.6 Å². The molecule has 1 aliphatic heterocycles. The van der Waals surface area contributed by atoms with Gasteiger partial charge in [0, 0.05) is 26.1 Å². The molecule has 0 spiro atoms. The molecule has 1 aliphatic carbocycles. The number of amides is 3. The van der Waals surface area contributed by atoms with Crippen molar-refractivity contribution in [2.24, 2.45) is 5.92 Å². The molecule has 110 valence electrons. The molecule has 3 N–H and O–H groups in total. The molecule has 3 amide bonds. The van der Waals surface area contributed by atoms with E-state index in [2.05, 4.69) is 10.6 Å². The third-order valence-corrected chi connectivity index (χ3v) is 3.68. The molecule has 0 bridgehead atoms. The molecule has 2 rings (SSSR count). The summed E-state index contributed by atoms with van der Waals surface area (Å²) < 4.78 is 0. The predicted octanol–water partition coefficient (Wildman–Crippen LogP) is -0.0643. The largest absolute Gasteiger partial charge is 0.481 e. The van der Waals surface area contributed by atoms with Gasteiger partial charge in [-0.05, 0) is 12.8 Å². The lowest BCUT2D eigenvalue weighted by Crippen LogP contribution is -2.52. The van der Waals surface area contributed by atoms with Crippen molar-refractivity contribution in [2.75, 3.05) is 13.6 Å². The number of piperidine rings is 1. The number of hydrogen-bond donors (Lipinski definition) is 3. The Hall–Kier alpha value is -2.05. The van der Waals surface area contributed by atoms with Gasteiger partial charge in [0.25, 0.3) is 0 Å². The Labute approximate surface area is 117 Å². The Balaban J connectivity index is 1.75. The second-order valence-electron chi connectivity index (χ2n) is 5.30. The Kier molecular flexibility index (Phi) is 4.26. The van der Waals surface area contributed by atoms with Crippen LogP contribution in [0.4, 0.5) is 4.79 Å². The quantitative estimate of drug-likeness (QED) is 0.631. The maximum absolute atomic E-state index is 11.8. The minimum Gasteiger partial charge on any atom is -0.481 e. The number of likely N-dealkylation sites (N-methyl/N-ethyl adjacent to an activating group) is 1. The van der Waals surface area contributed by atoms with E-state index in [0.29, 0.717) is 25.8 Å². The summed E-state index contributed by atoms with van der Waals surface area (Å²) in [6.07, 6.45) is 4.75. The third kappa shape index (κ3) is 3.49. The maximum Gasteiger partial charge on any atom is 0.315 e. The summed E-state index contributed by atoms with van der Waals surface area (Å²) >= 11 is 0. The summed E-state index contributed by atoms with van der Waals surface area (Å²) in [6.45, 7) is 0.504. The van der Waals surface area contributed by atoms with Crippen LogP contribution in [0.15, 0.2) is 12.2 Å². The number of hydrogen-bond acceptors (Lipinski definition) is 3. The molecule has 1 heterocycles. The van der Waals surface area contributed by atoms with Crippen molar-refractivity contribution in [3.63, 3.8) is 0 Å². The molecule has 0 aromatic heterocycles. The zero-order valence-corrected chi connectivity index (χ0v) is 11.3. The first-order valence-corrected chi connectivity index (χ1v) is 6.68. The SMILES string of the molecule is CN1CC(NC(=O)NC2C=CC(C(=O)O)C2)CCC1=O. The van der Waals surface area contributed by atoms with Crippen LogP contribution in [0.25, 0.3) is 0 Å². The van der Waals surface area contributed by atoms with Crippen molar-refractivity contribution in [1.82, 2.24) is 15.5 Å². The number of carbonyl (C=O) groups is 3. The van der Waals surface area contributed by atoms with E-state index in [0.717, 1.165) is 0 Å². The van der Waals surface area contributed by atoms with Gasteiger partial charge in [-0.1, -0.05) is 12.2 Å². The first-order valence-electron chi connectivity index (χ1n) is 6.68. The minimum absolute atomic E-state index is 0.0571. The van der Waals surface area contributed by atoms with Crippen LogP contribution in [0.5, 0.6) is 0 Å². The summed E-state index contributed by atoms with van der Waals surface area (Å²) in [5, 5.41) is 14.4. The van der Waals surface area contributed by atoms with Gasteiger partial charge in [-0.2, -0.15) is 0 Å². The van der Waals surface area contributed by atoms with Gasteiger partial charge in [-0.25, -0.2) is 4.79 Å². The van der Waals surface area contributed by atoms with Crippen LogP contribution < -0.4 is 10.6 Å². The van der Waals surface area contributed by atoms with Crippen molar-refractivity contribution in [1.29, 1.82) is 0 Å². The standard InChI is InChI=1S/C13H19N3O4/c1-16-7-10(4-5-11(16)17)15-13(20)14-9-3-2-8(6-9)12(18)19/h2-3,8-10H,4-7H2,1H3,(H,18,19)(H2,14,15,20). The second-order valence-corrected chi connectivity index (χ2v) is 5.30. The number of carboxylic acids is 1. The lowest BCUT2D eigenvalue weighted by atomic mass is 10.1. The number of nitrogens with zero attached hydrogens (tertiary/aromatic N) is 1. The molecule has 3 atom stereocenters. The molecule has 2 aliphatic rings. The third-order valence-electron chi connectivity index (χ3n) is 3.68. The van der Waals surface area contributed by atoms with E-state index < -0.39 is 11.9 Å². The van der Waals surface area contributed by atoms with Gasteiger partial charge in [-0.15, -0.1) is 0 Å². The van der Waals surface area contributed by atoms with Gasteiger partial charge in [0.15, 0.2) is 0 Å². The van der Waals surface area contributed by atoms with Crippen LogP contribution in [0.1, 0.15) is 19.3 Å². The minimum atomic E-state index is -0.877. The zero-order chi connectivity index (χ0) is 14.7. The number of nitrogens with one attached hydrogen (secondary N) is 2. The normalized spacial score (nSPS) is 29.4. The van der Waals surface area contributed by atoms with Gasteiger partial charge in [-0.3, -0.25) is 9.59 Å². The molecule has 0 saturated carbocycles. The predicted molar refractivity (Wildman–Crippen MR) is 71.0 cm³/mol.